The summed E-state index contributed by atoms with van der Waals surface area (Å²) < 4.78 is 7.46. The van der Waals surface area contributed by atoms with Crippen molar-refractivity contribution in [3.05, 3.63) is 96.7 Å². The van der Waals surface area contributed by atoms with Crippen LogP contribution in [0.1, 0.15) is 12.0 Å². The largest absolute Gasteiger partial charge is 0.497 e. The zero-order chi connectivity index (χ0) is 23.2. The van der Waals surface area contributed by atoms with E-state index in [1.165, 1.54) is 5.56 Å². The van der Waals surface area contributed by atoms with E-state index in [9.17, 15) is 0 Å². The molecule has 0 heterocycles. The van der Waals surface area contributed by atoms with Gasteiger partial charge in [-0.05, 0) is 72.5 Å². The van der Waals surface area contributed by atoms with Crippen molar-refractivity contribution < 1.29 is 9.94 Å². The van der Waals surface area contributed by atoms with E-state index < -0.39 is 0 Å². The molecule has 3 aromatic rings. The van der Waals surface area contributed by atoms with Crippen molar-refractivity contribution in [3.63, 3.8) is 0 Å². The predicted octanol–water partition coefficient (Wildman–Crippen LogP) is 5.69. The Balaban J connectivity index is 0.000000439. The van der Waals surface area contributed by atoms with Gasteiger partial charge < -0.3 is 10.5 Å². The molecule has 0 unspecified atom stereocenters. The Hall–Kier alpha value is -2.58. The summed E-state index contributed by atoms with van der Waals surface area (Å²) in [6.07, 6.45) is 1.59. The molecule has 3 rings (SSSR count). The summed E-state index contributed by atoms with van der Waals surface area (Å²) in [5.74, 6) is 0.863. The molecule has 0 atom stereocenters. The van der Waals surface area contributed by atoms with Crippen molar-refractivity contribution in [2.75, 3.05) is 25.9 Å². The summed E-state index contributed by atoms with van der Waals surface area (Å²) in [5, 5.41) is 8.92. The fourth-order valence-electron chi connectivity index (χ4n) is 2.67. The van der Waals surface area contributed by atoms with E-state index in [2.05, 4.69) is 41.1 Å². The number of thiol groups is 1. The number of hydrogen-bond acceptors (Lipinski definition) is 7. The molecule has 3 aromatic carbocycles. The van der Waals surface area contributed by atoms with Crippen LogP contribution in [0.3, 0.4) is 0 Å². The van der Waals surface area contributed by atoms with Crippen molar-refractivity contribution >= 4 is 30.3 Å². The summed E-state index contributed by atoms with van der Waals surface area (Å²) in [5.41, 5.74) is 10.5. The third-order valence-corrected chi connectivity index (χ3v) is 5.91. The molecule has 170 valence electrons. The second-order valence-corrected chi connectivity index (χ2v) is 8.68. The summed E-state index contributed by atoms with van der Waals surface area (Å²) in [4.78, 5) is 2.15. The number of nitrogens with two attached hydrogens (primary N) is 1. The molecule has 0 amide bonds. The molecule has 0 aliphatic rings. The Kier molecular flexibility index (Phi) is 11.6. The van der Waals surface area contributed by atoms with Gasteiger partial charge in [0.15, 0.2) is 0 Å². The minimum Gasteiger partial charge on any atom is -0.497 e. The number of nitrogen functional groups attached to an aromatic ring is 1. The number of benzene rings is 3. The van der Waals surface area contributed by atoms with Crippen LogP contribution in [0, 0.1) is 0 Å². The maximum Gasteiger partial charge on any atom is 0.118 e. The Morgan fingerprint density at radius 2 is 1.69 bits per heavy atom. The maximum absolute atomic E-state index is 8.92. The van der Waals surface area contributed by atoms with E-state index in [0.717, 1.165) is 40.7 Å². The van der Waals surface area contributed by atoms with Crippen molar-refractivity contribution in [1.82, 2.24) is 9.79 Å². The number of rotatable bonds is 10. The Bertz CT molecular complexity index is 920. The third kappa shape index (κ3) is 10.2. The highest BCUT2D eigenvalue weighted by Gasteiger charge is 2.09. The topological polar surface area (TPSA) is 70.8 Å². The van der Waals surface area contributed by atoms with Crippen molar-refractivity contribution in [1.29, 1.82) is 0 Å². The first-order valence-electron chi connectivity index (χ1n) is 10.2. The molecule has 4 N–H and O–H groups in total. The quantitative estimate of drug-likeness (QED) is 0.132. The molecule has 0 radical (unpaired) electrons. The van der Waals surface area contributed by atoms with Crippen LogP contribution < -0.4 is 16.0 Å². The SMILES string of the molecule is C=C(CCN(CCc1ccc(OC)cc1)Sc1ccc(N)cc1)NO.Sc1ccccc1. The fourth-order valence-corrected chi connectivity index (χ4v) is 3.76. The smallest absolute Gasteiger partial charge is 0.118 e. The van der Waals surface area contributed by atoms with Gasteiger partial charge in [0.2, 0.25) is 0 Å². The minimum absolute atomic E-state index is 0.604. The van der Waals surface area contributed by atoms with Gasteiger partial charge in [0, 0.05) is 40.7 Å². The highest BCUT2D eigenvalue weighted by atomic mass is 32.2. The molecular weight excluding hydrogens is 438 g/mol. The number of anilines is 1. The lowest BCUT2D eigenvalue weighted by molar-refractivity contribution is 0.195. The third-order valence-electron chi connectivity index (χ3n) is 4.50. The lowest BCUT2D eigenvalue weighted by Crippen LogP contribution is -2.22. The monoisotopic (exact) mass is 469 g/mol. The molecule has 0 aliphatic carbocycles. The van der Waals surface area contributed by atoms with Crippen LogP contribution in [-0.2, 0) is 6.42 Å². The number of nitrogens with one attached hydrogen (secondary N) is 1. The Labute approximate surface area is 200 Å². The summed E-state index contributed by atoms with van der Waals surface area (Å²) in [7, 11) is 1.67. The van der Waals surface area contributed by atoms with E-state index in [1.54, 1.807) is 19.1 Å². The molecule has 7 heteroatoms. The van der Waals surface area contributed by atoms with Crippen molar-refractivity contribution in [2.45, 2.75) is 22.6 Å². The Morgan fingerprint density at radius 3 is 2.22 bits per heavy atom. The first-order valence-corrected chi connectivity index (χ1v) is 11.5. The second-order valence-electron chi connectivity index (χ2n) is 6.99. The molecule has 0 fully saturated rings. The van der Waals surface area contributed by atoms with Gasteiger partial charge in [-0.2, -0.15) is 0 Å². The maximum atomic E-state index is 8.92. The van der Waals surface area contributed by atoms with Crippen LogP contribution in [0.5, 0.6) is 5.75 Å². The predicted molar refractivity (Wildman–Crippen MR) is 137 cm³/mol. The zero-order valence-electron chi connectivity index (χ0n) is 18.3. The van der Waals surface area contributed by atoms with Gasteiger partial charge in [-0.15, -0.1) is 12.6 Å². The van der Waals surface area contributed by atoms with Crippen LogP contribution in [-0.4, -0.2) is 29.7 Å². The van der Waals surface area contributed by atoms with Crippen LogP contribution >= 0.6 is 24.6 Å². The van der Waals surface area contributed by atoms with Gasteiger partial charge in [-0.25, -0.2) is 4.31 Å². The second kappa shape index (κ2) is 14.5. The number of hydroxylamine groups is 1. The lowest BCUT2D eigenvalue weighted by atomic mass is 10.1. The molecule has 32 heavy (non-hydrogen) atoms. The summed E-state index contributed by atoms with van der Waals surface area (Å²) >= 11 is 5.76. The minimum atomic E-state index is 0.604. The molecule has 0 bridgehead atoms. The molecule has 0 spiro atoms. The average molecular weight is 470 g/mol. The summed E-state index contributed by atoms with van der Waals surface area (Å²) in [6.45, 7) is 5.42. The highest BCUT2D eigenvalue weighted by Crippen LogP contribution is 2.25. The van der Waals surface area contributed by atoms with Crippen molar-refractivity contribution in [2.24, 2.45) is 0 Å². The molecule has 0 aliphatic heterocycles. The van der Waals surface area contributed by atoms with Gasteiger partial charge in [0.1, 0.15) is 5.75 Å². The fraction of sp³-hybridized carbons (Fsp3) is 0.200. The number of ether oxygens (including phenoxy) is 1. The molecular formula is C25H31N3O2S2. The standard InChI is InChI=1S/C19H25N3O2S.C6H6S/c1-15(21-23)11-13-22(25-19-9-5-17(20)6-10-19)14-12-16-3-7-18(24-2)8-4-16;7-6-4-2-1-3-5-6/h3-10,21,23H,1,11-14,20H2,2H3;1-5,7H. The van der Waals surface area contributed by atoms with E-state index in [0.29, 0.717) is 12.1 Å². The van der Waals surface area contributed by atoms with Crippen LogP contribution in [0.2, 0.25) is 0 Å². The van der Waals surface area contributed by atoms with E-state index in [-0.39, 0.29) is 0 Å². The van der Waals surface area contributed by atoms with Crippen LogP contribution in [0.15, 0.2) is 101 Å². The van der Waals surface area contributed by atoms with Gasteiger partial charge in [0.05, 0.1) is 7.11 Å². The van der Waals surface area contributed by atoms with Crippen molar-refractivity contribution in [3.8, 4) is 5.75 Å². The number of hydrogen-bond donors (Lipinski definition) is 4. The van der Waals surface area contributed by atoms with Gasteiger partial charge in [0.25, 0.3) is 0 Å². The first-order chi connectivity index (χ1) is 15.5. The number of methoxy groups -OCH3 is 1. The van der Waals surface area contributed by atoms with E-state index in [1.807, 2.05) is 66.7 Å². The normalized spacial score (nSPS) is 10.2. The molecule has 5 nitrogen and oxygen atoms in total. The molecule has 0 saturated carbocycles. The van der Waals surface area contributed by atoms with Gasteiger partial charge >= 0.3 is 0 Å². The zero-order valence-corrected chi connectivity index (χ0v) is 20.0. The first kappa shape index (κ1) is 25.7. The average Bonchev–Trinajstić information content (AvgIpc) is 2.83. The van der Waals surface area contributed by atoms with Gasteiger partial charge in [-0.3, -0.25) is 10.7 Å². The van der Waals surface area contributed by atoms with Crippen LogP contribution in [0.25, 0.3) is 0 Å². The summed E-state index contributed by atoms with van der Waals surface area (Å²) in [6, 6.07) is 25.7. The molecule has 0 aromatic heterocycles. The van der Waals surface area contributed by atoms with E-state index in [4.69, 9.17) is 15.7 Å². The highest BCUT2D eigenvalue weighted by molar-refractivity contribution is 7.97. The van der Waals surface area contributed by atoms with Gasteiger partial charge in [-0.1, -0.05) is 36.9 Å². The van der Waals surface area contributed by atoms with E-state index >= 15 is 0 Å². The molecule has 0 saturated heterocycles. The lowest BCUT2D eigenvalue weighted by Gasteiger charge is -2.21. The Morgan fingerprint density at radius 1 is 1.03 bits per heavy atom. The van der Waals surface area contributed by atoms with Crippen LogP contribution in [0.4, 0.5) is 5.69 Å². The number of nitrogens with zero attached hydrogens (tertiary/aromatic N) is 1.